The smallest absolute Gasteiger partial charge is 0.179 e. The van der Waals surface area contributed by atoms with Gasteiger partial charge in [0, 0.05) is 19.7 Å². The van der Waals surface area contributed by atoms with E-state index in [0.29, 0.717) is 5.82 Å². The standard InChI is InChI=1S/C10H8ClN5.C2H6O/c11-9-10(16-3-1-2-4-16)15-8(6-13)7(5-12)14-9;1-2-3/h1-4H2;3H,2H2,1H3. The highest BCUT2D eigenvalue weighted by molar-refractivity contribution is 6.31. The van der Waals surface area contributed by atoms with Gasteiger partial charge in [-0.05, 0) is 19.8 Å². The van der Waals surface area contributed by atoms with Gasteiger partial charge in [0.1, 0.15) is 12.1 Å². The summed E-state index contributed by atoms with van der Waals surface area (Å²) >= 11 is 5.94. The van der Waals surface area contributed by atoms with Crippen LogP contribution in [0.1, 0.15) is 31.2 Å². The molecule has 1 aliphatic rings. The second kappa shape index (κ2) is 7.52. The summed E-state index contributed by atoms with van der Waals surface area (Å²) in [5.74, 6) is 0.509. The molecule has 1 aliphatic heterocycles. The van der Waals surface area contributed by atoms with Crippen molar-refractivity contribution in [1.82, 2.24) is 9.97 Å². The van der Waals surface area contributed by atoms with E-state index in [1.54, 1.807) is 13.0 Å². The maximum Gasteiger partial charge on any atom is 0.179 e. The number of nitriles is 2. The molecular formula is C12H14ClN5O. The minimum absolute atomic E-state index is 0.0181. The Kier molecular flexibility index (Phi) is 6.01. The molecule has 100 valence electrons. The van der Waals surface area contributed by atoms with Gasteiger partial charge in [0.25, 0.3) is 0 Å². The Hall–Kier alpha value is -1.89. The molecule has 1 aromatic rings. The number of nitrogens with zero attached hydrogens (tertiary/aromatic N) is 5. The van der Waals surface area contributed by atoms with E-state index in [2.05, 4.69) is 9.97 Å². The van der Waals surface area contributed by atoms with E-state index in [1.165, 1.54) is 0 Å². The fourth-order valence-corrected chi connectivity index (χ4v) is 1.94. The number of anilines is 1. The average Bonchev–Trinajstić information content (AvgIpc) is 2.93. The lowest BCUT2D eigenvalue weighted by atomic mass is 10.3. The number of rotatable bonds is 1. The normalized spacial score (nSPS) is 13.2. The molecule has 7 heteroatoms. The Morgan fingerprint density at radius 1 is 1.21 bits per heavy atom. The van der Waals surface area contributed by atoms with E-state index in [-0.39, 0.29) is 23.1 Å². The summed E-state index contributed by atoms with van der Waals surface area (Å²) in [4.78, 5) is 9.96. The van der Waals surface area contributed by atoms with Gasteiger partial charge in [-0.2, -0.15) is 10.5 Å². The lowest BCUT2D eigenvalue weighted by Gasteiger charge is -2.17. The Morgan fingerprint density at radius 3 is 2.16 bits per heavy atom. The van der Waals surface area contributed by atoms with Gasteiger partial charge < -0.3 is 10.0 Å². The van der Waals surface area contributed by atoms with Gasteiger partial charge in [-0.1, -0.05) is 11.6 Å². The highest BCUT2D eigenvalue weighted by Gasteiger charge is 2.20. The van der Waals surface area contributed by atoms with Crippen molar-refractivity contribution in [3.8, 4) is 12.1 Å². The molecule has 0 radical (unpaired) electrons. The van der Waals surface area contributed by atoms with E-state index < -0.39 is 0 Å². The van der Waals surface area contributed by atoms with Gasteiger partial charge in [0.15, 0.2) is 22.4 Å². The molecule has 2 heterocycles. The monoisotopic (exact) mass is 279 g/mol. The van der Waals surface area contributed by atoms with Crippen LogP contribution in [0.4, 0.5) is 5.82 Å². The second-order valence-corrected chi connectivity index (χ2v) is 4.13. The van der Waals surface area contributed by atoms with E-state index in [0.717, 1.165) is 25.9 Å². The van der Waals surface area contributed by atoms with Gasteiger partial charge in [-0.3, -0.25) is 0 Å². The first-order chi connectivity index (χ1) is 9.17. The molecule has 0 atom stereocenters. The van der Waals surface area contributed by atoms with Crippen LogP contribution < -0.4 is 4.90 Å². The predicted molar refractivity (Wildman–Crippen MR) is 70.7 cm³/mol. The molecular weight excluding hydrogens is 266 g/mol. The summed E-state index contributed by atoms with van der Waals surface area (Å²) in [6.45, 7) is 3.66. The molecule has 1 fully saturated rings. The Bertz CT molecular complexity index is 514. The van der Waals surface area contributed by atoms with E-state index in [9.17, 15) is 0 Å². The lowest BCUT2D eigenvalue weighted by Crippen LogP contribution is -2.20. The minimum atomic E-state index is -0.0181. The summed E-state index contributed by atoms with van der Waals surface area (Å²) in [5.41, 5.74) is 0.0178. The third-order valence-corrected chi connectivity index (χ3v) is 2.71. The molecule has 0 aliphatic carbocycles. The quantitative estimate of drug-likeness (QED) is 0.836. The topological polar surface area (TPSA) is 96.8 Å². The van der Waals surface area contributed by atoms with Gasteiger partial charge in [-0.25, -0.2) is 9.97 Å². The van der Waals surface area contributed by atoms with Crippen molar-refractivity contribution in [2.24, 2.45) is 0 Å². The summed E-state index contributed by atoms with van der Waals surface area (Å²) in [7, 11) is 0. The number of hydrogen-bond acceptors (Lipinski definition) is 6. The number of aliphatic hydroxyl groups excluding tert-OH is 1. The molecule has 0 saturated carbocycles. The number of aliphatic hydroxyl groups is 1. The predicted octanol–water partition coefficient (Wildman–Crippen LogP) is 1.47. The van der Waals surface area contributed by atoms with Gasteiger partial charge in [0.2, 0.25) is 0 Å². The molecule has 19 heavy (non-hydrogen) atoms. The maximum atomic E-state index is 8.84. The molecule has 1 N–H and O–H groups in total. The molecule has 0 unspecified atom stereocenters. The Balaban J connectivity index is 0.000000550. The molecule has 0 bridgehead atoms. The van der Waals surface area contributed by atoms with Crippen LogP contribution in [0.3, 0.4) is 0 Å². The summed E-state index contributed by atoms with van der Waals surface area (Å²) < 4.78 is 0. The van der Waals surface area contributed by atoms with Crippen LogP contribution >= 0.6 is 11.6 Å². The van der Waals surface area contributed by atoms with Crippen LogP contribution in [0.25, 0.3) is 0 Å². The first-order valence-electron chi connectivity index (χ1n) is 5.91. The number of halogens is 1. The molecule has 0 amide bonds. The zero-order valence-electron chi connectivity index (χ0n) is 10.6. The van der Waals surface area contributed by atoms with E-state index in [4.69, 9.17) is 27.2 Å². The fraction of sp³-hybridized carbons (Fsp3) is 0.500. The Labute approximate surface area is 116 Å². The molecule has 6 nitrogen and oxygen atoms in total. The first kappa shape index (κ1) is 15.2. The highest BCUT2D eigenvalue weighted by Crippen LogP contribution is 2.25. The summed E-state index contributed by atoms with van der Waals surface area (Å²) in [5, 5.41) is 25.4. The molecule has 0 aromatic carbocycles. The summed E-state index contributed by atoms with van der Waals surface area (Å²) in [6.07, 6.45) is 2.17. The van der Waals surface area contributed by atoms with Gasteiger partial charge in [-0.15, -0.1) is 0 Å². The van der Waals surface area contributed by atoms with Crippen molar-refractivity contribution in [3.05, 3.63) is 16.5 Å². The van der Waals surface area contributed by atoms with Crippen molar-refractivity contribution in [3.63, 3.8) is 0 Å². The van der Waals surface area contributed by atoms with Crippen LogP contribution in [0.2, 0.25) is 5.15 Å². The molecule has 2 rings (SSSR count). The zero-order valence-corrected chi connectivity index (χ0v) is 11.4. The Morgan fingerprint density at radius 2 is 1.68 bits per heavy atom. The lowest BCUT2D eigenvalue weighted by molar-refractivity contribution is 0.318. The van der Waals surface area contributed by atoms with E-state index >= 15 is 0 Å². The number of aromatic nitrogens is 2. The van der Waals surface area contributed by atoms with Crippen molar-refractivity contribution in [1.29, 1.82) is 10.5 Å². The fourth-order valence-electron chi connectivity index (χ4n) is 1.69. The van der Waals surface area contributed by atoms with Crippen LogP contribution in [-0.4, -0.2) is 34.8 Å². The first-order valence-corrected chi connectivity index (χ1v) is 6.29. The highest BCUT2D eigenvalue weighted by atomic mass is 35.5. The third-order valence-electron chi connectivity index (χ3n) is 2.45. The average molecular weight is 280 g/mol. The van der Waals surface area contributed by atoms with Crippen molar-refractivity contribution < 1.29 is 5.11 Å². The minimum Gasteiger partial charge on any atom is -0.397 e. The molecule has 1 saturated heterocycles. The van der Waals surface area contributed by atoms with Crippen LogP contribution in [0.5, 0.6) is 0 Å². The van der Waals surface area contributed by atoms with Crippen molar-refractivity contribution >= 4 is 17.4 Å². The second-order valence-electron chi connectivity index (χ2n) is 3.77. The van der Waals surface area contributed by atoms with Crippen LogP contribution in [0, 0.1) is 22.7 Å². The summed E-state index contributed by atoms with van der Waals surface area (Å²) in [6, 6.07) is 3.66. The molecule has 0 spiro atoms. The largest absolute Gasteiger partial charge is 0.397 e. The van der Waals surface area contributed by atoms with Gasteiger partial charge in [0.05, 0.1) is 0 Å². The third kappa shape index (κ3) is 3.78. The van der Waals surface area contributed by atoms with Crippen LogP contribution in [-0.2, 0) is 0 Å². The number of hydrogen-bond donors (Lipinski definition) is 1. The van der Waals surface area contributed by atoms with Crippen LogP contribution in [0.15, 0.2) is 0 Å². The SMILES string of the molecule is CCO.N#Cc1nc(Cl)c(N2CCCC2)nc1C#N. The van der Waals surface area contributed by atoms with Crippen molar-refractivity contribution in [2.75, 3.05) is 24.6 Å². The molecule has 1 aromatic heterocycles. The maximum absolute atomic E-state index is 8.84. The van der Waals surface area contributed by atoms with Crippen molar-refractivity contribution in [2.45, 2.75) is 19.8 Å². The zero-order chi connectivity index (χ0) is 14.3. The van der Waals surface area contributed by atoms with Gasteiger partial charge >= 0.3 is 0 Å². The van der Waals surface area contributed by atoms with E-state index in [1.807, 2.05) is 11.0 Å².